The van der Waals surface area contributed by atoms with Gasteiger partial charge in [0, 0.05) is 6.54 Å². The maximum atomic E-state index is 10.8. The number of nitrogens with two attached hydrogens (primary N) is 1. The summed E-state index contributed by atoms with van der Waals surface area (Å²) in [6.07, 6.45) is 1.05. The predicted molar refractivity (Wildman–Crippen MR) is 62.0 cm³/mol. The van der Waals surface area contributed by atoms with Crippen LogP contribution in [0.2, 0.25) is 0 Å². The van der Waals surface area contributed by atoms with Gasteiger partial charge in [-0.2, -0.15) is 0 Å². The summed E-state index contributed by atoms with van der Waals surface area (Å²) in [7, 11) is 0. The standard InChI is InChI=1S/C11H17N3O2/c1-3-14(7-11(12)16)9-4-5-10(8(2)15)13-6-9/h4-6,8,15H,3,7H2,1-2H3,(H2,12,16)/t8-/m1/s1. The molecule has 0 aromatic carbocycles. The smallest absolute Gasteiger partial charge is 0.236 e. The van der Waals surface area contributed by atoms with Crippen molar-refractivity contribution in [1.82, 2.24) is 4.98 Å². The third-order valence-electron chi connectivity index (χ3n) is 2.29. The van der Waals surface area contributed by atoms with Crippen molar-refractivity contribution in [3.05, 3.63) is 24.0 Å². The van der Waals surface area contributed by atoms with Crippen LogP contribution in [0.5, 0.6) is 0 Å². The lowest BCUT2D eigenvalue weighted by molar-refractivity contribution is -0.116. The molecule has 1 heterocycles. The first kappa shape index (κ1) is 12.4. The summed E-state index contributed by atoms with van der Waals surface area (Å²) < 4.78 is 0. The van der Waals surface area contributed by atoms with E-state index >= 15 is 0 Å². The lowest BCUT2D eigenvalue weighted by atomic mass is 10.2. The van der Waals surface area contributed by atoms with Gasteiger partial charge in [0.2, 0.25) is 5.91 Å². The van der Waals surface area contributed by atoms with Crippen molar-refractivity contribution in [2.75, 3.05) is 18.0 Å². The number of nitrogens with zero attached hydrogens (tertiary/aromatic N) is 2. The van der Waals surface area contributed by atoms with Crippen molar-refractivity contribution in [2.45, 2.75) is 20.0 Å². The molecule has 5 heteroatoms. The number of hydrogen-bond donors (Lipinski definition) is 2. The van der Waals surface area contributed by atoms with Gasteiger partial charge in [-0.05, 0) is 26.0 Å². The molecule has 1 rings (SSSR count). The van der Waals surface area contributed by atoms with E-state index in [0.29, 0.717) is 12.2 Å². The maximum absolute atomic E-state index is 10.8. The molecule has 0 aliphatic rings. The molecule has 0 unspecified atom stereocenters. The first-order valence-corrected chi connectivity index (χ1v) is 5.21. The van der Waals surface area contributed by atoms with Gasteiger partial charge in [-0.25, -0.2) is 0 Å². The molecule has 0 spiro atoms. The molecule has 0 radical (unpaired) electrons. The van der Waals surface area contributed by atoms with Gasteiger partial charge >= 0.3 is 0 Å². The van der Waals surface area contributed by atoms with Crippen molar-refractivity contribution in [3.63, 3.8) is 0 Å². The third kappa shape index (κ3) is 3.20. The summed E-state index contributed by atoms with van der Waals surface area (Å²) in [6.45, 7) is 4.44. The molecule has 1 aromatic rings. The van der Waals surface area contributed by atoms with Crippen LogP contribution in [0, 0.1) is 0 Å². The highest BCUT2D eigenvalue weighted by molar-refractivity contribution is 5.79. The van der Waals surface area contributed by atoms with Gasteiger partial charge in [0.15, 0.2) is 0 Å². The number of aliphatic hydroxyl groups is 1. The molecule has 0 saturated carbocycles. The van der Waals surface area contributed by atoms with E-state index in [4.69, 9.17) is 5.73 Å². The Labute approximate surface area is 94.9 Å². The molecule has 0 aliphatic carbocycles. The minimum atomic E-state index is -0.583. The molecule has 88 valence electrons. The van der Waals surface area contributed by atoms with Gasteiger partial charge in [0.25, 0.3) is 0 Å². The maximum Gasteiger partial charge on any atom is 0.236 e. The molecule has 1 atom stereocenters. The first-order valence-electron chi connectivity index (χ1n) is 5.21. The van der Waals surface area contributed by atoms with Crippen LogP contribution in [0.1, 0.15) is 25.6 Å². The summed E-state index contributed by atoms with van der Waals surface area (Å²) in [5.41, 5.74) is 6.58. The van der Waals surface area contributed by atoms with Crippen LogP contribution in [0.3, 0.4) is 0 Å². The lowest BCUT2D eigenvalue weighted by Crippen LogP contribution is -2.33. The summed E-state index contributed by atoms with van der Waals surface area (Å²) in [5, 5.41) is 9.31. The third-order valence-corrected chi connectivity index (χ3v) is 2.29. The summed E-state index contributed by atoms with van der Waals surface area (Å²) >= 11 is 0. The first-order chi connectivity index (χ1) is 7.54. The largest absolute Gasteiger partial charge is 0.387 e. The van der Waals surface area contributed by atoms with Gasteiger partial charge < -0.3 is 15.7 Å². The Balaban J connectivity index is 2.82. The second-order valence-corrected chi connectivity index (χ2v) is 3.60. The van der Waals surface area contributed by atoms with Crippen molar-refractivity contribution < 1.29 is 9.90 Å². The topological polar surface area (TPSA) is 79.5 Å². The zero-order valence-electron chi connectivity index (χ0n) is 9.55. The number of aliphatic hydroxyl groups excluding tert-OH is 1. The fraction of sp³-hybridized carbons (Fsp3) is 0.455. The van der Waals surface area contributed by atoms with Crippen LogP contribution in [0.15, 0.2) is 18.3 Å². The van der Waals surface area contributed by atoms with E-state index in [1.807, 2.05) is 17.9 Å². The number of rotatable bonds is 5. The van der Waals surface area contributed by atoms with Crippen LogP contribution in [0.25, 0.3) is 0 Å². The van der Waals surface area contributed by atoms with E-state index < -0.39 is 6.10 Å². The average Bonchev–Trinajstić information content (AvgIpc) is 2.25. The van der Waals surface area contributed by atoms with Crippen molar-refractivity contribution in [3.8, 4) is 0 Å². The number of amides is 1. The van der Waals surface area contributed by atoms with E-state index in [-0.39, 0.29) is 12.5 Å². The summed E-state index contributed by atoms with van der Waals surface area (Å²) in [4.78, 5) is 16.8. The highest BCUT2D eigenvalue weighted by Crippen LogP contribution is 2.15. The molecule has 0 bridgehead atoms. The number of carbonyl (C=O) groups excluding carboxylic acids is 1. The molecule has 3 N–H and O–H groups in total. The average molecular weight is 223 g/mol. The Hall–Kier alpha value is -1.62. The molecule has 5 nitrogen and oxygen atoms in total. The minimum Gasteiger partial charge on any atom is -0.387 e. The SMILES string of the molecule is CCN(CC(N)=O)c1ccc([C@@H](C)O)nc1. The number of hydrogen-bond acceptors (Lipinski definition) is 4. The van der Waals surface area contributed by atoms with Gasteiger partial charge in [-0.1, -0.05) is 0 Å². The Morgan fingerprint density at radius 2 is 2.31 bits per heavy atom. The molecular weight excluding hydrogens is 206 g/mol. The van der Waals surface area contributed by atoms with E-state index in [1.54, 1.807) is 19.2 Å². The quantitative estimate of drug-likeness (QED) is 0.759. The highest BCUT2D eigenvalue weighted by atomic mass is 16.3. The van der Waals surface area contributed by atoms with E-state index in [1.165, 1.54) is 0 Å². The number of pyridine rings is 1. The molecule has 0 saturated heterocycles. The molecule has 1 aromatic heterocycles. The number of likely N-dealkylation sites (N-methyl/N-ethyl adjacent to an activating group) is 1. The number of primary amides is 1. The number of aromatic nitrogens is 1. The Kier molecular flexibility index (Phi) is 4.25. The lowest BCUT2D eigenvalue weighted by Gasteiger charge is -2.21. The Bertz CT molecular complexity index is 349. The monoisotopic (exact) mass is 223 g/mol. The normalized spacial score (nSPS) is 12.2. The number of carbonyl (C=O) groups is 1. The molecule has 0 aliphatic heterocycles. The van der Waals surface area contributed by atoms with Crippen LogP contribution in [-0.4, -0.2) is 29.1 Å². The Morgan fingerprint density at radius 1 is 1.62 bits per heavy atom. The van der Waals surface area contributed by atoms with Gasteiger partial charge in [0.1, 0.15) is 0 Å². The fourth-order valence-corrected chi connectivity index (χ4v) is 1.41. The zero-order valence-corrected chi connectivity index (χ0v) is 9.55. The van der Waals surface area contributed by atoms with Crippen LogP contribution < -0.4 is 10.6 Å². The van der Waals surface area contributed by atoms with E-state index in [2.05, 4.69) is 4.98 Å². The summed E-state index contributed by atoms with van der Waals surface area (Å²) in [6, 6.07) is 3.56. The molecule has 0 fully saturated rings. The minimum absolute atomic E-state index is 0.173. The molecular formula is C11H17N3O2. The van der Waals surface area contributed by atoms with Crippen LogP contribution in [-0.2, 0) is 4.79 Å². The second-order valence-electron chi connectivity index (χ2n) is 3.60. The van der Waals surface area contributed by atoms with Gasteiger partial charge in [0.05, 0.1) is 30.2 Å². The zero-order chi connectivity index (χ0) is 12.1. The summed E-state index contributed by atoms with van der Waals surface area (Å²) in [5.74, 6) is -0.374. The second kappa shape index (κ2) is 5.46. The van der Waals surface area contributed by atoms with Crippen LogP contribution in [0.4, 0.5) is 5.69 Å². The van der Waals surface area contributed by atoms with E-state index in [0.717, 1.165) is 5.69 Å². The van der Waals surface area contributed by atoms with Crippen molar-refractivity contribution in [2.24, 2.45) is 5.73 Å². The van der Waals surface area contributed by atoms with Crippen molar-refractivity contribution in [1.29, 1.82) is 0 Å². The fourth-order valence-electron chi connectivity index (χ4n) is 1.41. The van der Waals surface area contributed by atoms with Gasteiger partial charge in [-0.15, -0.1) is 0 Å². The van der Waals surface area contributed by atoms with Crippen molar-refractivity contribution >= 4 is 11.6 Å². The van der Waals surface area contributed by atoms with E-state index in [9.17, 15) is 9.90 Å². The number of anilines is 1. The molecule has 1 amide bonds. The predicted octanol–water partition coefficient (Wildman–Crippen LogP) is 0.446. The molecule has 16 heavy (non-hydrogen) atoms. The van der Waals surface area contributed by atoms with Crippen LogP contribution >= 0.6 is 0 Å². The van der Waals surface area contributed by atoms with Gasteiger partial charge in [-0.3, -0.25) is 9.78 Å². The highest BCUT2D eigenvalue weighted by Gasteiger charge is 2.08. The Morgan fingerprint density at radius 3 is 2.69 bits per heavy atom.